The molecule has 1 rings (SSSR count). The van der Waals surface area contributed by atoms with Gasteiger partial charge in [0.15, 0.2) is 10.9 Å². The van der Waals surface area contributed by atoms with Crippen molar-refractivity contribution in [2.45, 2.75) is 33.1 Å². The number of nitrogens with zero attached hydrogens (tertiary/aromatic N) is 3. The zero-order valence-electron chi connectivity index (χ0n) is 11.3. The van der Waals surface area contributed by atoms with Gasteiger partial charge in [-0.25, -0.2) is 4.68 Å². The van der Waals surface area contributed by atoms with Crippen LogP contribution in [0.1, 0.15) is 32.5 Å². The minimum atomic E-state index is -0.353. The third kappa shape index (κ3) is 3.74. The Morgan fingerprint density at radius 1 is 1.28 bits per heavy atom. The number of halogens is 1. The fourth-order valence-electron chi connectivity index (χ4n) is 1.78. The van der Waals surface area contributed by atoms with Gasteiger partial charge in [-0.15, -0.1) is 5.10 Å². The molecule has 0 aromatic carbocycles. The Labute approximate surface area is 116 Å². The van der Waals surface area contributed by atoms with Gasteiger partial charge < -0.3 is 14.8 Å². The highest BCUT2D eigenvalue weighted by molar-refractivity contribution is 9.10. The number of hydrogen-bond donors (Lipinski definition) is 1. The second-order valence-corrected chi connectivity index (χ2v) is 4.45. The van der Waals surface area contributed by atoms with Crippen LogP contribution in [0.15, 0.2) is 4.60 Å². The van der Waals surface area contributed by atoms with Crippen molar-refractivity contribution in [2.75, 3.05) is 19.8 Å². The Balaban J connectivity index is 2.98. The van der Waals surface area contributed by atoms with Gasteiger partial charge in [-0.2, -0.15) is 0 Å². The highest BCUT2D eigenvalue weighted by atomic mass is 79.9. The van der Waals surface area contributed by atoms with E-state index in [0.29, 0.717) is 17.8 Å². The molecule has 1 heterocycles. The summed E-state index contributed by atoms with van der Waals surface area (Å²) in [6.07, 6.45) is -0.353. The second kappa shape index (κ2) is 7.83. The van der Waals surface area contributed by atoms with Gasteiger partial charge in [0.25, 0.3) is 0 Å². The van der Waals surface area contributed by atoms with E-state index in [-0.39, 0.29) is 12.3 Å². The van der Waals surface area contributed by atoms with Crippen molar-refractivity contribution in [2.24, 2.45) is 7.05 Å². The van der Waals surface area contributed by atoms with Crippen molar-refractivity contribution >= 4 is 15.9 Å². The maximum absolute atomic E-state index is 5.66. The van der Waals surface area contributed by atoms with Crippen molar-refractivity contribution in [1.82, 2.24) is 20.3 Å². The van der Waals surface area contributed by atoms with Crippen LogP contribution < -0.4 is 5.32 Å². The fraction of sp³-hybridized carbons (Fsp3) is 0.818. The number of aromatic nitrogens is 3. The zero-order valence-corrected chi connectivity index (χ0v) is 12.9. The van der Waals surface area contributed by atoms with Crippen molar-refractivity contribution in [3.05, 3.63) is 10.3 Å². The first-order valence-corrected chi connectivity index (χ1v) is 6.96. The van der Waals surface area contributed by atoms with Gasteiger partial charge in [-0.3, -0.25) is 0 Å². The molecule has 0 radical (unpaired) electrons. The van der Waals surface area contributed by atoms with Gasteiger partial charge in [-0.1, -0.05) is 12.1 Å². The Morgan fingerprint density at radius 2 is 1.89 bits per heavy atom. The van der Waals surface area contributed by atoms with Crippen LogP contribution in [0.25, 0.3) is 0 Å². The third-order valence-corrected chi connectivity index (χ3v) is 3.04. The first kappa shape index (κ1) is 15.6. The number of aryl methyl sites for hydroxylation is 1. The van der Waals surface area contributed by atoms with Crippen LogP contribution in [0, 0.1) is 0 Å². The van der Waals surface area contributed by atoms with Gasteiger partial charge in [0, 0.05) is 20.3 Å². The van der Waals surface area contributed by atoms with Gasteiger partial charge in [0.05, 0.1) is 5.69 Å². The maximum atomic E-state index is 5.66. The van der Waals surface area contributed by atoms with Crippen LogP contribution in [-0.2, 0) is 16.5 Å². The Morgan fingerprint density at radius 3 is 2.28 bits per heavy atom. The Hall–Kier alpha value is -0.500. The lowest BCUT2D eigenvalue weighted by Gasteiger charge is -2.27. The summed E-state index contributed by atoms with van der Waals surface area (Å²) in [5, 5.41) is 11.3. The van der Waals surface area contributed by atoms with Gasteiger partial charge in [0.1, 0.15) is 6.04 Å². The van der Waals surface area contributed by atoms with Gasteiger partial charge in [-0.05, 0) is 36.3 Å². The van der Waals surface area contributed by atoms with Crippen LogP contribution in [-0.4, -0.2) is 41.0 Å². The predicted octanol–water partition coefficient (Wildman–Crippen LogP) is 1.63. The lowest BCUT2D eigenvalue weighted by Crippen LogP contribution is -2.37. The molecule has 0 aliphatic carbocycles. The molecule has 1 N–H and O–H groups in total. The first-order valence-electron chi connectivity index (χ1n) is 6.17. The molecular weight excluding hydrogens is 300 g/mol. The Bertz CT molecular complexity index is 333. The van der Waals surface area contributed by atoms with Crippen LogP contribution in [0.5, 0.6) is 0 Å². The molecule has 0 bridgehead atoms. The zero-order chi connectivity index (χ0) is 13.5. The second-order valence-electron chi connectivity index (χ2n) is 3.70. The van der Waals surface area contributed by atoms with Gasteiger partial charge in [0.2, 0.25) is 0 Å². The molecule has 0 saturated heterocycles. The molecule has 7 heteroatoms. The minimum Gasteiger partial charge on any atom is -0.351 e. The molecule has 0 amide bonds. The van der Waals surface area contributed by atoms with Gasteiger partial charge >= 0.3 is 0 Å². The van der Waals surface area contributed by atoms with Crippen LogP contribution in [0.3, 0.4) is 0 Å². The molecule has 6 nitrogen and oxygen atoms in total. The summed E-state index contributed by atoms with van der Waals surface area (Å²) in [6.45, 7) is 7.93. The van der Waals surface area contributed by atoms with Crippen molar-refractivity contribution in [3.8, 4) is 0 Å². The van der Waals surface area contributed by atoms with Crippen LogP contribution >= 0.6 is 15.9 Å². The molecule has 1 unspecified atom stereocenters. The predicted molar refractivity (Wildman–Crippen MR) is 72.2 cm³/mol. The smallest absolute Gasteiger partial charge is 0.178 e. The largest absolute Gasteiger partial charge is 0.351 e. The molecule has 0 aliphatic heterocycles. The lowest BCUT2D eigenvalue weighted by molar-refractivity contribution is -0.156. The topological polar surface area (TPSA) is 61.2 Å². The van der Waals surface area contributed by atoms with E-state index in [2.05, 4.69) is 31.6 Å². The molecule has 1 aromatic rings. The summed E-state index contributed by atoms with van der Waals surface area (Å²) in [5.74, 6) is 0. The van der Waals surface area contributed by atoms with E-state index >= 15 is 0 Å². The SMILES string of the molecule is CCNC(c1c(Br)nnn1C)C(OCC)OCC. The van der Waals surface area contributed by atoms with E-state index in [4.69, 9.17) is 9.47 Å². The molecule has 18 heavy (non-hydrogen) atoms. The molecule has 0 aliphatic rings. The summed E-state index contributed by atoms with van der Waals surface area (Å²) in [7, 11) is 1.85. The van der Waals surface area contributed by atoms with E-state index in [9.17, 15) is 0 Å². The average molecular weight is 321 g/mol. The summed E-state index contributed by atoms with van der Waals surface area (Å²) < 4.78 is 13.7. The monoisotopic (exact) mass is 320 g/mol. The van der Waals surface area contributed by atoms with E-state index in [1.807, 2.05) is 27.8 Å². The quantitative estimate of drug-likeness (QED) is 0.738. The highest BCUT2D eigenvalue weighted by Crippen LogP contribution is 2.25. The minimum absolute atomic E-state index is 0.107. The average Bonchev–Trinajstić information content (AvgIpc) is 2.66. The number of nitrogens with one attached hydrogen (secondary N) is 1. The lowest BCUT2D eigenvalue weighted by atomic mass is 10.2. The van der Waals surface area contributed by atoms with Crippen molar-refractivity contribution in [3.63, 3.8) is 0 Å². The highest BCUT2D eigenvalue weighted by Gasteiger charge is 2.29. The molecule has 0 saturated carbocycles. The molecule has 0 fully saturated rings. The van der Waals surface area contributed by atoms with Crippen LogP contribution in [0.4, 0.5) is 0 Å². The molecule has 1 aromatic heterocycles. The van der Waals surface area contributed by atoms with E-state index < -0.39 is 0 Å². The summed E-state index contributed by atoms with van der Waals surface area (Å²) >= 11 is 3.41. The van der Waals surface area contributed by atoms with Crippen LogP contribution in [0.2, 0.25) is 0 Å². The maximum Gasteiger partial charge on any atom is 0.178 e. The fourth-order valence-corrected chi connectivity index (χ4v) is 2.35. The van der Waals surface area contributed by atoms with E-state index in [0.717, 1.165) is 12.2 Å². The number of hydrogen-bond acceptors (Lipinski definition) is 5. The van der Waals surface area contributed by atoms with E-state index in [1.165, 1.54) is 0 Å². The Kier molecular flexibility index (Phi) is 6.77. The van der Waals surface area contributed by atoms with Crippen molar-refractivity contribution in [1.29, 1.82) is 0 Å². The number of rotatable bonds is 8. The number of ether oxygens (including phenoxy) is 2. The van der Waals surface area contributed by atoms with E-state index in [1.54, 1.807) is 4.68 Å². The molecular formula is C11H21BrN4O2. The standard InChI is InChI=1S/C11H21BrN4O2/c1-5-13-8(11(17-6-2)18-7-3)9-10(12)14-15-16(9)4/h8,11,13H,5-7H2,1-4H3. The summed E-state index contributed by atoms with van der Waals surface area (Å²) in [4.78, 5) is 0. The normalized spacial score (nSPS) is 13.2. The summed E-state index contributed by atoms with van der Waals surface area (Å²) in [5.41, 5.74) is 0.920. The summed E-state index contributed by atoms with van der Waals surface area (Å²) in [6, 6.07) is -0.107. The molecule has 0 spiro atoms. The number of likely N-dealkylation sites (N-methyl/N-ethyl adjacent to an activating group) is 1. The molecule has 104 valence electrons. The first-order chi connectivity index (χ1) is 8.65. The van der Waals surface area contributed by atoms with Crippen molar-refractivity contribution < 1.29 is 9.47 Å². The third-order valence-electron chi connectivity index (χ3n) is 2.48. The molecule has 1 atom stereocenters.